The Kier molecular flexibility index (Phi) is 6.15. The van der Waals surface area contributed by atoms with E-state index in [4.69, 9.17) is 9.84 Å². The van der Waals surface area contributed by atoms with Crippen molar-refractivity contribution in [2.45, 2.75) is 37.5 Å². The molecule has 4 aromatic rings. The van der Waals surface area contributed by atoms with Crippen LogP contribution in [0.25, 0.3) is 16.8 Å². The predicted molar refractivity (Wildman–Crippen MR) is 120 cm³/mol. The zero-order chi connectivity index (χ0) is 20.1. The lowest BCUT2D eigenvalue weighted by atomic mass is 10.1. The van der Waals surface area contributed by atoms with Crippen molar-refractivity contribution in [1.82, 2.24) is 14.6 Å². The molecule has 2 heterocycles. The molecule has 0 amide bonds. The molecular weight excluding hydrogens is 378 g/mol. The van der Waals surface area contributed by atoms with Gasteiger partial charge in [-0.1, -0.05) is 54.9 Å². The normalized spacial score (nSPS) is 11.1. The van der Waals surface area contributed by atoms with Gasteiger partial charge in [-0.25, -0.2) is 9.50 Å². The average Bonchev–Trinajstić information content (AvgIpc) is 3.18. The molecule has 0 unspecified atom stereocenters. The third-order valence-electron chi connectivity index (χ3n) is 4.73. The lowest BCUT2D eigenvalue weighted by Gasteiger charge is -2.05. The molecular formula is C24H25N3OS. The largest absolute Gasteiger partial charge is 0.494 e. The number of ether oxygens (including phenoxy) is 1. The summed E-state index contributed by atoms with van der Waals surface area (Å²) in [5, 5.41) is 5.73. The summed E-state index contributed by atoms with van der Waals surface area (Å²) in [5.74, 6) is 1.79. The SMILES string of the molecule is CCCCOc1ccc(-c2cc3c(SCc4cccc(C)c4)nccn3n2)cc1. The van der Waals surface area contributed by atoms with Gasteiger partial charge in [0.1, 0.15) is 10.8 Å². The first-order valence-corrected chi connectivity index (χ1v) is 11.0. The molecule has 2 aromatic heterocycles. The summed E-state index contributed by atoms with van der Waals surface area (Å²) in [4.78, 5) is 4.59. The van der Waals surface area contributed by atoms with Gasteiger partial charge in [0.15, 0.2) is 0 Å². The van der Waals surface area contributed by atoms with Crippen LogP contribution >= 0.6 is 11.8 Å². The zero-order valence-corrected chi connectivity index (χ0v) is 17.7. The Balaban J connectivity index is 1.52. The van der Waals surface area contributed by atoms with Crippen LogP contribution in [0.15, 0.2) is 72.0 Å². The van der Waals surface area contributed by atoms with E-state index >= 15 is 0 Å². The van der Waals surface area contributed by atoms with Crippen molar-refractivity contribution in [3.8, 4) is 17.0 Å². The van der Waals surface area contributed by atoms with Crippen LogP contribution in [0.4, 0.5) is 0 Å². The molecule has 4 rings (SSSR count). The first-order valence-electron chi connectivity index (χ1n) is 9.99. The van der Waals surface area contributed by atoms with Crippen molar-refractivity contribution in [3.63, 3.8) is 0 Å². The van der Waals surface area contributed by atoms with Gasteiger partial charge in [-0.15, -0.1) is 0 Å². The number of aryl methyl sites for hydroxylation is 1. The van der Waals surface area contributed by atoms with Crippen molar-refractivity contribution in [1.29, 1.82) is 0 Å². The Morgan fingerprint density at radius 1 is 1.07 bits per heavy atom. The van der Waals surface area contributed by atoms with E-state index in [1.165, 1.54) is 11.1 Å². The highest BCUT2D eigenvalue weighted by atomic mass is 32.2. The maximum Gasteiger partial charge on any atom is 0.122 e. The molecule has 0 saturated carbocycles. The molecule has 0 N–H and O–H groups in total. The molecule has 2 aromatic carbocycles. The molecule has 0 aliphatic heterocycles. The van der Waals surface area contributed by atoms with Crippen LogP contribution in [0.5, 0.6) is 5.75 Å². The Morgan fingerprint density at radius 3 is 2.72 bits per heavy atom. The average molecular weight is 404 g/mol. The van der Waals surface area contributed by atoms with E-state index in [9.17, 15) is 0 Å². The molecule has 5 heteroatoms. The Morgan fingerprint density at radius 2 is 1.93 bits per heavy atom. The van der Waals surface area contributed by atoms with Crippen LogP contribution in [0, 0.1) is 6.92 Å². The topological polar surface area (TPSA) is 39.4 Å². The zero-order valence-electron chi connectivity index (χ0n) is 16.8. The van der Waals surface area contributed by atoms with Crippen LogP contribution in [0.2, 0.25) is 0 Å². The van der Waals surface area contributed by atoms with Gasteiger partial charge in [0.05, 0.1) is 17.8 Å². The predicted octanol–water partition coefficient (Wildman–Crippen LogP) is 6.18. The van der Waals surface area contributed by atoms with E-state index in [0.717, 1.165) is 52.8 Å². The van der Waals surface area contributed by atoms with Crippen molar-refractivity contribution >= 4 is 17.3 Å². The smallest absolute Gasteiger partial charge is 0.122 e. The fourth-order valence-corrected chi connectivity index (χ4v) is 4.08. The second-order valence-electron chi connectivity index (χ2n) is 7.10. The van der Waals surface area contributed by atoms with Crippen molar-refractivity contribution in [3.05, 3.63) is 78.1 Å². The Bertz CT molecular complexity index is 1090. The van der Waals surface area contributed by atoms with Crippen LogP contribution < -0.4 is 4.74 Å². The minimum Gasteiger partial charge on any atom is -0.494 e. The van der Waals surface area contributed by atoms with Gasteiger partial charge in [-0.2, -0.15) is 5.10 Å². The first-order chi connectivity index (χ1) is 14.2. The van der Waals surface area contributed by atoms with Crippen molar-refractivity contribution in [2.24, 2.45) is 0 Å². The Hall–Kier alpha value is -2.79. The second-order valence-corrected chi connectivity index (χ2v) is 8.06. The number of aromatic nitrogens is 3. The van der Waals surface area contributed by atoms with Gasteiger partial charge < -0.3 is 4.74 Å². The summed E-state index contributed by atoms with van der Waals surface area (Å²) in [6.45, 7) is 5.05. The fraction of sp³-hybridized carbons (Fsp3) is 0.250. The highest BCUT2D eigenvalue weighted by Crippen LogP contribution is 2.29. The lowest BCUT2D eigenvalue weighted by molar-refractivity contribution is 0.309. The summed E-state index contributed by atoms with van der Waals surface area (Å²) < 4.78 is 7.67. The summed E-state index contributed by atoms with van der Waals surface area (Å²) in [6, 6.07) is 18.9. The van der Waals surface area contributed by atoms with E-state index in [-0.39, 0.29) is 0 Å². The van der Waals surface area contributed by atoms with Gasteiger partial charge in [0, 0.05) is 23.7 Å². The van der Waals surface area contributed by atoms with Gasteiger partial charge in [0.2, 0.25) is 0 Å². The molecule has 4 nitrogen and oxygen atoms in total. The quantitative estimate of drug-likeness (QED) is 0.260. The third kappa shape index (κ3) is 4.80. The number of hydrogen-bond acceptors (Lipinski definition) is 4. The third-order valence-corrected chi connectivity index (χ3v) is 5.79. The number of fused-ring (bicyclic) bond motifs is 1. The monoisotopic (exact) mass is 403 g/mol. The molecule has 0 bridgehead atoms. The lowest BCUT2D eigenvalue weighted by Crippen LogP contribution is -1.96. The van der Waals surface area contributed by atoms with Crippen LogP contribution in [-0.2, 0) is 5.75 Å². The molecule has 0 fully saturated rings. The standard InChI is InChI=1S/C24H25N3OS/c1-3-4-14-28-21-10-8-20(9-11-21)22-16-23-24(25-12-13-27(23)26-22)29-17-19-7-5-6-18(2)15-19/h5-13,15-16H,3-4,14,17H2,1-2H3. The highest BCUT2D eigenvalue weighted by molar-refractivity contribution is 7.98. The summed E-state index contributed by atoms with van der Waals surface area (Å²) in [5.41, 5.74) is 5.63. The minimum absolute atomic E-state index is 0.761. The molecule has 0 saturated heterocycles. The molecule has 0 radical (unpaired) electrons. The van der Waals surface area contributed by atoms with Crippen LogP contribution in [-0.4, -0.2) is 21.2 Å². The van der Waals surface area contributed by atoms with Crippen LogP contribution in [0.1, 0.15) is 30.9 Å². The molecule has 29 heavy (non-hydrogen) atoms. The van der Waals surface area contributed by atoms with Crippen molar-refractivity contribution < 1.29 is 4.74 Å². The molecule has 0 aliphatic carbocycles. The molecule has 0 spiro atoms. The number of rotatable bonds is 8. The number of hydrogen-bond donors (Lipinski definition) is 0. The number of nitrogens with zero attached hydrogens (tertiary/aromatic N) is 3. The summed E-state index contributed by atoms with van der Waals surface area (Å²) in [6.07, 6.45) is 5.92. The minimum atomic E-state index is 0.761. The van der Waals surface area contributed by atoms with E-state index in [0.29, 0.717) is 0 Å². The highest BCUT2D eigenvalue weighted by Gasteiger charge is 2.10. The van der Waals surface area contributed by atoms with Gasteiger partial charge >= 0.3 is 0 Å². The first kappa shape index (κ1) is 19.5. The second kappa shape index (κ2) is 9.14. The fourth-order valence-electron chi connectivity index (χ4n) is 3.16. The maximum absolute atomic E-state index is 5.76. The molecule has 0 aliphatic rings. The van der Waals surface area contributed by atoms with Gasteiger partial charge in [0.25, 0.3) is 0 Å². The number of thioether (sulfide) groups is 1. The van der Waals surface area contributed by atoms with E-state index in [1.54, 1.807) is 11.8 Å². The molecule has 0 atom stereocenters. The molecule has 148 valence electrons. The number of benzene rings is 2. The number of unbranched alkanes of at least 4 members (excludes halogenated alkanes) is 1. The Labute approximate surface area is 175 Å². The van der Waals surface area contributed by atoms with E-state index < -0.39 is 0 Å². The summed E-state index contributed by atoms with van der Waals surface area (Å²) in [7, 11) is 0. The van der Waals surface area contributed by atoms with E-state index in [2.05, 4.69) is 61.3 Å². The maximum atomic E-state index is 5.76. The van der Waals surface area contributed by atoms with Gasteiger partial charge in [-0.05, 0) is 49.2 Å². The van der Waals surface area contributed by atoms with E-state index in [1.807, 2.05) is 29.0 Å². The summed E-state index contributed by atoms with van der Waals surface area (Å²) >= 11 is 1.74. The van der Waals surface area contributed by atoms with Crippen LogP contribution in [0.3, 0.4) is 0 Å². The van der Waals surface area contributed by atoms with Crippen molar-refractivity contribution in [2.75, 3.05) is 6.61 Å². The van der Waals surface area contributed by atoms with Gasteiger partial charge in [-0.3, -0.25) is 0 Å².